The Labute approximate surface area is 210 Å². The van der Waals surface area contributed by atoms with Crippen LogP contribution in [-0.2, 0) is 12.7 Å². The van der Waals surface area contributed by atoms with Gasteiger partial charge >= 0.3 is 6.18 Å². The largest absolute Gasteiger partial charge is 0.435 e. The molecule has 4 heterocycles. The van der Waals surface area contributed by atoms with E-state index in [9.17, 15) is 22.4 Å². The number of aryl methyl sites for hydroxylation is 1. The number of nitrogens with zero attached hydrogens (tertiary/aromatic N) is 7. The molecule has 37 heavy (non-hydrogen) atoms. The van der Waals surface area contributed by atoms with Crippen molar-refractivity contribution in [3.05, 3.63) is 88.4 Å². The van der Waals surface area contributed by atoms with E-state index < -0.39 is 35.5 Å². The molecule has 0 spiro atoms. The quantitative estimate of drug-likeness (QED) is 0.362. The molecule has 194 valence electrons. The van der Waals surface area contributed by atoms with Crippen molar-refractivity contribution in [1.29, 1.82) is 0 Å². The standard InChI is InChI=1S/C25H25F4N7O/c1-5-17(26)20(15(2)3)34-10-12-35(13-11-34)21-16(4)19-23(33-9-7-31-19)36(24(21)37)14-18-22(25(27,28)29)32-8-6-30-18/h5-9H,1-2,10-14H2,3-4H3/b20-17-. The molecule has 0 radical (unpaired) electrons. The van der Waals surface area contributed by atoms with E-state index in [0.717, 1.165) is 23.0 Å². The average Bonchev–Trinajstić information content (AvgIpc) is 2.87. The summed E-state index contributed by atoms with van der Waals surface area (Å²) in [6, 6.07) is 0. The number of pyridine rings is 1. The van der Waals surface area contributed by atoms with Gasteiger partial charge in [-0.2, -0.15) is 13.2 Å². The highest BCUT2D eigenvalue weighted by atomic mass is 19.4. The van der Waals surface area contributed by atoms with Gasteiger partial charge in [-0.25, -0.2) is 14.4 Å². The molecule has 0 aromatic carbocycles. The summed E-state index contributed by atoms with van der Waals surface area (Å²) in [7, 11) is 0. The van der Waals surface area contributed by atoms with Crippen LogP contribution in [0.2, 0.25) is 0 Å². The molecule has 0 unspecified atom stereocenters. The van der Waals surface area contributed by atoms with Gasteiger partial charge in [0.1, 0.15) is 17.0 Å². The molecule has 1 fully saturated rings. The molecular weight excluding hydrogens is 490 g/mol. The van der Waals surface area contributed by atoms with Gasteiger partial charge in [-0.3, -0.25) is 19.3 Å². The van der Waals surface area contributed by atoms with Gasteiger partial charge < -0.3 is 9.80 Å². The van der Waals surface area contributed by atoms with Gasteiger partial charge in [0.05, 0.1) is 17.9 Å². The molecule has 0 amide bonds. The zero-order valence-electron chi connectivity index (χ0n) is 20.4. The lowest BCUT2D eigenvalue weighted by Crippen LogP contribution is -2.48. The smallest absolute Gasteiger partial charge is 0.365 e. The summed E-state index contributed by atoms with van der Waals surface area (Å²) in [5, 5.41) is 0. The molecule has 8 nitrogen and oxygen atoms in total. The third-order valence-electron chi connectivity index (χ3n) is 6.16. The lowest BCUT2D eigenvalue weighted by Gasteiger charge is -2.39. The van der Waals surface area contributed by atoms with E-state index in [2.05, 4.69) is 33.1 Å². The SMILES string of the molecule is C=C/C(F)=C(\C(=C)C)N1CCN(c2c(C)c3nccnc3n(Cc3nccnc3C(F)(F)F)c2=O)CC1. The van der Waals surface area contributed by atoms with Crippen molar-refractivity contribution < 1.29 is 17.6 Å². The number of halogens is 4. The molecule has 3 aromatic heterocycles. The second-order valence-electron chi connectivity index (χ2n) is 8.60. The zero-order valence-corrected chi connectivity index (χ0v) is 20.4. The highest BCUT2D eigenvalue weighted by Crippen LogP contribution is 2.31. The Morgan fingerprint density at radius 3 is 2.30 bits per heavy atom. The minimum Gasteiger partial charge on any atom is -0.365 e. The molecular formula is C25H25F4N7O. The maximum absolute atomic E-state index is 14.4. The van der Waals surface area contributed by atoms with Crippen LogP contribution >= 0.6 is 0 Å². The van der Waals surface area contributed by atoms with Crippen LogP contribution in [0.4, 0.5) is 23.2 Å². The normalized spacial score (nSPS) is 15.1. The van der Waals surface area contributed by atoms with Gasteiger partial charge in [0.2, 0.25) is 0 Å². The van der Waals surface area contributed by atoms with Crippen LogP contribution in [0.15, 0.2) is 65.9 Å². The van der Waals surface area contributed by atoms with Crippen LogP contribution in [0.1, 0.15) is 23.9 Å². The highest BCUT2D eigenvalue weighted by molar-refractivity contribution is 5.80. The Hall–Kier alpha value is -4.09. The Kier molecular flexibility index (Phi) is 7.10. The lowest BCUT2D eigenvalue weighted by atomic mass is 10.1. The number of alkyl halides is 3. The van der Waals surface area contributed by atoms with E-state index in [1.807, 2.05) is 9.80 Å². The van der Waals surface area contributed by atoms with Crippen LogP contribution in [0.25, 0.3) is 11.2 Å². The van der Waals surface area contributed by atoms with E-state index in [-0.39, 0.29) is 5.65 Å². The first-order valence-electron chi connectivity index (χ1n) is 11.4. The van der Waals surface area contributed by atoms with Crippen molar-refractivity contribution >= 4 is 16.9 Å². The zero-order chi connectivity index (χ0) is 26.9. The van der Waals surface area contributed by atoms with Crippen molar-refractivity contribution in [2.24, 2.45) is 0 Å². The van der Waals surface area contributed by atoms with Gasteiger partial charge in [-0.1, -0.05) is 13.2 Å². The molecule has 12 heteroatoms. The average molecular weight is 516 g/mol. The number of piperazine rings is 1. The Morgan fingerprint density at radius 2 is 1.68 bits per heavy atom. The van der Waals surface area contributed by atoms with Gasteiger partial charge in [-0.05, 0) is 25.5 Å². The predicted octanol–water partition coefficient (Wildman–Crippen LogP) is 4.02. The lowest BCUT2D eigenvalue weighted by molar-refractivity contribution is -0.142. The second-order valence-corrected chi connectivity index (χ2v) is 8.60. The molecule has 0 aliphatic carbocycles. The molecule has 0 N–H and O–H groups in total. The van der Waals surface area contributed by atoms with Crippen LogP contribution in [0, 0.1) is 6.92 Å². The number of anilines is 1. The molecule has 0 bridgehead atoms. The molecule has 4 rings (SSSR count). The van der Waals surface area contributed by atoms with Crippen molar-refractivity contribution in [2.45, 2.75) is 26.6 Å². The number of aromatic nitrogens is 5. The molecule has 3 aromatic rings. The van der Waals surface area contributed by atoms with E-state index in [0.29, 0.717) is 54.2 Å². The summed E-state index contributed by atoms with van der Waals surface area (Å²) >= 11 is 0. The second kappa shape index (κ2) is 10.1. The Bertz CT molecular complexity index is 1450. The maximum atomic E-state index is 14.4. The third-order valence-corrected chi connectivity index (χ3v) is 6.16. The number of rotatable bonds is 6. The predicted molar refractivity (Wildman–Crippen MR) is 132 cm³/mol. The summed E-state index contributed by atoms with van der Waals surface area (Å²) in [6.07, 6.45) is 1.31. The number of fused-ring (bicyclic) bond motifs is 1. The fourth-order valence-corrected chi connectivity index (χ4v) is 4.55. The van der Waals surface area contributed by atoms with Gasteiger partial charge in [0.15, 0.2) is 11.3 Å². The fourth-order valence-electron chi connectivity index (χ4n) is 4.55. The van der Waals surface area contributed by atoms with E-state index >= 15 is 0 Å². The van der Waals surface area contributed by atoms with Crippen molar-refractivity contribution in [3.63, 3.8) is 0 Å². The number of hydrogen-bond acceptors (Lipinski definition) is 7. The van der Waals surface area contributed by atoms with Crippen molar-refractivity contribution in [2.75, 3.05) is 31.1 Å². The van der Waals surface area contributed by atoms with E-state index in [1.165, 1.54) is 12.4 Å². The summed E-state index contributed by atoms with van der Waals surface area (Å²) in [4.78, 5) is 33.3. The highest BCUT2D eigenvalue weighted by Gasteiger charge is 2.36. The van der Waals surface area contributed by atoms with Crippen LogP contribution in [0.5, 0.6) is 0 Å². The Balaban J connectivity index is 1.77. The molecule has 0 atom stereocenters. The topological polar surface area (TPSA) is 80.0 Å². The van der Waals surface area contributed by atoms with Crippen LogP contribution < -0.4 is 10.5 Å². The molecule has 1 aliphatic heterocycles. The first-order chi connectivity index (χ1) is 17.5. The van der Waals surface area contributed by atoms with Crippen molar-refractivity contribution in [3.8, 4) is 0 Å². The van der Waals surface area contributed by atoms with Crippen molar-refractivity contribution in [1.82, 2.24) is 29.4 Å². The Morgan fingerprint density at radius 1 is 1.05 bits per heavy atom. The monoisotopic (exact) mass is 515 g/mol. The fraction of sp³-hybridized carbons (Fsp3) is 0.320. The third kappa shape index (κ3) is 4.95. The molecule has 1 saturated heterocycles. The van der Waals surface area contributed by atoms with Gasteiger partial charge in [0.25, 0.3) is 5.56 Å². The van der Waals surface area contributed by atoms with E-state index in [4.69, 9.17) is 0 Å². The minimum absolute atomic E-state index is 0.145. The number of hydrogen-bond donors (Lipinski definition) is 0. The molecule has 0 saturated carbocycles. The summed E-state index contributed by atoms with van der Waals surface area (Å²) in [5.74, 6) is -0.482. The minimum atomic E-state index is -4.74. The first kappa shape index (κ1) is 26.0. The summed E-state index contributed by atoms with van der Waals surface area (Å²) in [5.41, 5.74) is 0.203. The molecule has 1 aliphatic rings. The summed E-state index contributed by atoms with van der Waals surface area (Å²) < 4.78 is 56.3. The van der Waals surface area contributed by atoms with Crippen LogP contribution in [-0.4, -0.2) is 55.6 Å². The summed E-state index contributed by atoms with van der Waals surface area (Å²) in [6.45, 7) is 11.8. The first-order valence-corrected chi connectivity index (χ1v) is 11.4. The van der Waals surface area contributed by atoms with Gasteiger partial charge in [0, 0.05) is 56.5 Å². The number of allylic oxidation sites excluding steroid dienone is 3. The van der Waals surface area contributed by atoms with Crippen LogP contribution in [0.3, 0.4) is 0 Å². The maximum Gasteiger partial charge on any atom is 0.435 e. The van der Waals surface area contributed by atoms with E-state index in [1.54, 1.807) is 13.8 Å². The van der Waals surface area contributed by atoms with Gasteiger partial charge in [-0.15, -0.1) is 0 Å².